The Kier molecular flexibility index (Phi) is 12.7. The van der Waals surface area contributed by atoms with Crippen molar-refractivity contribution in [1.82, 2.24) is 0 Å². The van der Waals surface area contributed by atoms with Crippen LogP contribution in [0, 0.1) is 0 Å². The molecule has 0 aliphatic carbocycles. The van der Waals surface area contributed by atoms with E-state index in [-0.39, 0.29) is 19.2 Å². The Morgan fingerprint density at radius 1 is 1.17 bits per heavy atom. The van der Waals surface area contributed by atoms with E-state index in [0.717, 1.165) is 12.0 Å². The molecule has 0 radical (unpaired) electrons. The molecule has 0 saturated carbocycles. The van der Waals surface area contributed by atoms with Gasteiger partial charge in [0.15, 0.2) is 6.29 Å². The molecular weight excluding hydrogens is 378 g/mol. The van der Waals surface area contributed by atoms with Crippen LogP contribution in [0.1, 0.15) is 44.6 Å². The van der Waals surface area contributed by atoms with Gasteiger partial charge in [0, 0.05) is 17.9 Å². The smallest absolute Gasteiger partial charge is 0.305 e. The molecule has 0 heterocycles. The van der Waals surface area contributed by atoms with Gasteiger partial charge in [0.25, 0.3) is 0 Å². The molecule has 3 unspecified atom stereocenters. The molecule has 0 aromatic heterocycles. The highest BCUT2D eigenvalue weighted by Crippen LogP contribution is 2.18. The number of ether oxygens (including phenoxy) is 3. The van der Waals surface area contributed by atoms with Gasteiger partial charge in [-0.15, -0.1) is 0 Å². The third kappa shape index (κ3) is 9.74. The zero-order valence-electron chi connectivity index (χ0n) is 17.0. The monoisotopic (exact) mass is 409 g/mol. The SMILES string of the molecule is CCC(N=[N+]=[N-])C(OCc1ccccc1)C(O)[C@H](O)OCCCCCC(=O)OC. The molecule has 1 rings (SSSR count). The first-order chi connectivity index (χ1) is 14.0. The van der Waals surface area contributed by atoms with Gasteiger partial charge in [0.2, 0.25) is 0 Å². The van der Waals surface area contributed by atoms with E-state index in [0.29, 0.717) is 25.7 Å². The number of hydrogen-bond acceptors (Lipinski definition) is 7. The number of azide groups is 1. The summed E-state index contributed by atoms with van der Waals surface area (Å²) < 4.78 is 15.7. The summed E-state index contributed by atoms with van der Waals surface area (Å²) in [6.45, 7) is 2.21. The van der Waals surface area contributed by atoms with Crippen LogP contribution in [0.5, 0.6) is 0 Å². The third-order valence-electron chi connectivity index (χ3n) is 4.45. The summed E-state index contributed by atoms with van der Waals surface area (Å²) in [6.07, 6.45) is -1.03. The maximum atomic E-state index is 11.1. The van der Waals surface area contributed by atoms with E-state index in [2.05, 4.69) is 14.8 Å². The number of benzene rings is 1. The maximum absolute atomic E-state index is 11.1. The highest BCUT2D eigenvalue weighted by molar-refractivity contribution is 5.68. The molecule has 0 saturated heterocycles. The molecule has 1 aromatic rings. The van der Waals surface area contributed by atoms with Crippen molar-refractivity contribution in [1.29, 1.82) is 0 Å². The number of nitrogens with zero attached hydrogens (tertiary/aromatic N) is 3. The normalized spacial score (nSPS) is 15.0. The molecule has 29 heavy (non-hydrogen) atoms. The fraction of sp³-hybridized carbons (Fsp3) is 0.650. The van der Waals surface area contributed by atoms with Crippen molar-refractivity contribution in [2.75, 3.05) is 13.7 Å². The molecule has 0 fully saturated rings. The first kappa shape index (κ1) is 24.9. The number of carbonyl (C=O) groups is 1. The minimum absolute atomic E-state index is 0.195. The van der Waals surface area contributed by atoms with Crippen LogP contribution >= 0.6 is 0 Å². The fourth-order valence-electron chi connectivity index (χ4n) is 2.77. The van der Waals surface area contributed by atoms with Crippen LogP contribution in [-0.2, 0) is 25.6 Å². The minimum Gasteiger partial charge on any atom is -0.469 e. The Balaban J connectivity index is 2.56. The van der Waals surface area contributed by atoms with E-state index in [1.54, 1.807) is 6.92 Å². The number of unbranched alkanes of at least 4 members (excludes halogenated alkanes) is 2. The average Bonchev–Trinajstić information content (AvgIpc) is 2.75. The van der Waals surface area contributed by atoms with E-state index in [9.17, 15) is 15.0 Å². The number of hydrogen-bond donors (Lipinski definition) is 2. The van der Waals surface area contributed by atoms with Crippen molar-refractivity contribution in [3.63, 3.8) is 0 Å². The van der Waals surface area contributed by atoms with E-state index in [1.165, 1.54) is 7.11 Å². The summed E-state index contributed by atoms with van der Waals surface area (Å²) in [5.74, 6) is -0.261. The highest BCUT2D eigenvalue weighted by Gasteiger charge is 2.33. The van der Waals surface area contributed by atoms with Crippen molar-refractivity contribution in [2.45, 2.75) is 70.2 Å². The summed E-state index contributed by atoms with van der Waals surface area (Å²) in [5, 5.41) is 24.5. The molecule has 9 nitrogen and oxygen atoms in total. The quantitative estimate of drug-likeness (QED) is 0.114. The summed E-state index contributed by atoms with van der Waals surface area (Å²) in [4.78, 5) is 13.9. The molecule has 4 atom stereocenters. The summed E-state index contributed by atoms with van der Waals surface area (Å²) in [6, 6.07) is 8.71. The standard InChI is InChI=1S/C20H31N3O6/c1-3-16(22-23-21)19(29-14-15-10-6-4-7-11-15)18(25)20(26)28-13-9-5-8-12-17(24)27-2/h4,6-7,10-11,16,18-20,25-26H,3,5,8-9,12-14H2,1-2H3/t16?,18?,19?,20-/m1/s1. The fourth-order valence-corrected chi connectivity index (χ4v) is 2.77. The van der Waals surface area contributed by atoms with E-state index >= 15 is 0 Å². The van der Waals surface area contributed by atoms with E-state index in [4.69, 9.17) is 15.0 Å². The second-order valence-electron chi connectivity index (χ2n) is 6.58. The molecule has 9 heteroatoms. The summed E-state index contributed by atoms with van der Waals surface area (Å²) in [7, 11) is 1.35. The van der Waals surface area contributed by atoms with Crippen molar-refractivity contribution in [2.24, 2.45) is 5.11 Å². The maximum Gasteiger partial charge on any atom is 0.305 e. The predicted molar refractivity (Wildman–Crippen MR) is 107 cm³/mol. The molecule has 162 valence electrons. The average molecular weight is 409 g/mol. The van der Waals surface area contributed by atoms with Crippen LogP contribution in [0.15, 0.2) is 35.4 Å². The lowest BCUT2D eigenvalue weighted by Gasteiger charge is -2.30. The predicted octanol–water partition coefficient (Wildman–Crippen LogP) is 3.09. The van der Waals surface area contributed by atoms with Crippen LogP contribution in [0.4, 0.5) is 0 Å². The third-order valence-corrected chi connectivity index (χ3v) is 4.45. The van der Waals surface area contributed by atoms with E-state index < -0.39 is 24.5 Å². The molecular formula is C20H31N3O6. The van der Waals surface area contributed by atoms with Crippen molar-refractivity contribution in [3.05, 3.63) is 46.3 Å². The molecule has 1 aromatic carbocycles. The summed E-state index contributed by atoms with van der Waals surface area (Å²) in [5.41, 5.74) is 9.69. The number of aliphatic hydroxyl groups is 2. The van der Waals surface area contributed by atoms with Crippen molar-refractivity contribution < 1.29 is 29.2 Å². The molecule has 0 spiro atoms. The van der Waals surface area contributed by atoms with Gasteiger partial charge < -0.3 is 24.4 Å². The molecule has 2 N–H and O–H groups in total. The van der Waals surface area contributed by atoms with Crippen LogP contribution in [0.3, 0.4) is 0 Å². The lowest BCUT2D eigenvalue weighted by atomic mass is 10.0. The number of esters is 1. The van der Waals surface area contributed by atoms with Gasteiger partial charge in [-0.05, 0) is 30.4 Å². The van der Waals surface area contributed by atoms with Gasteiger partial charge in [0.1, 0.15) is 6.10 Å². The van der Waals surface area contributed by atoms with Crippen LogP contribution in [0.2, 0.25) is 0 Å². The Hall–Kier alpha value is -2.16. The topological polar surface area (TPSA) is 134 Å². The number of methoxy groups -OCH3 is 1. The lowest BCUT2D eigenvalue weighted by molar-refractivity contribution is -0.202. The second-order valence-corrected chi connectivity index (χ2v) is 6.58. The minimum atomic E-state index is -1.49. The first-order valence-corrected chi connectivity index (χ1v) is 9.77. The van der Waals surface area contributed by atoms with Crippen LogP contribution in [0.25, 0.3) is 10.4 Å². The number of carbonyl (C=O) groups excluding carboxylic acids is 1. The van der Waals surface area contributed by atoms with Crippen LogP contribution in [-0.4, -0.2) is 54.4 Å². The Morgan fingerprint density at radius 2 is 1.90 bits per heavy atom. The Bertz CT molecular complexity index is 624. The van der Waals surface area contributed by atoms with Gasteiger partial charge in [0.05, 0.1) is 25.9 Å². The van der Waals surface area contributed by atoms with Gasteiger partial charge in [-0.25, -0.2) is 0 Å². The van der Waals surface area contributed by atoms with Gasteiger partial charge >= 0.3 is 5.97 Å². The molecule has 0 amide bonds. The zero-order chi connectivity index (χ0) is 21.5. The first-order valence-electron chi connectivity index (χ1n) is 9.77. The van der Waals surface area contributed by atoms with Gasteiger partial charge in [-0.1, -0.05) is 48.8 Å². The summed E-state index contributed by atoms with van der Waals surface area (Å²) >= 11 is 0. The molecule has 0 bridgehead atoms. The van der Waals surface area contributed by atoms with Gasteiger partial charge in [-0.3, -0.25) is 4.79 Å². The Labute approximate surface area is 171 Å². The van der Waals surface area contributed by atoms with Gasteiger partial charge in [-0.2, -0.15) is 0 Å². The molecule has 0 aliphatic heterocycles. The van der Waals surface area contributed by atoms with Crippen molar-refractivity contribution in [3.8, 4) is 0 Å². The number of aliphatic hydroxyl groups excluding tert-OH is 2. The zero-order valence-corrected chi connectivity index (χ0v) is 17.0. The highest BCUT2D eigenvalue weighted by atomic mass is 16.6. The number of rotatable bonds is 15. The lowest BCUT2D eigenvalue weighted by Crippen LogP contribution is -2.46. The second kappa shape index (κ2) is 14.8. The van der Waals surface area contributed by atoms with Crippen molar-refractivity contribution >= 4 is 5.97 Å². The Morgan fingerprint density at radius 3 is 2.52 bits per heavy atom. The van der Waals surface area contributed by atoms with Crippen LogP contribution < -0.4 is 0 Å². The molecule has 0 aliphatic rings. The van der Waals surface area contributed by atoms with E-state index in [1.807, 2.05) is 30.3 Å². The largest absolute Gasteiger partial charge is 0.469 e.